The summed E-state index contributed by atoms with van der Waals surface area (Å²) < 4.78 is 18.8. The summed E-state index contributed by atoms with van der Waals surface area (Å²) in [6.07, 6.45) is 8.61. The van der Waals surface area contributed by atoms with Crippen molar-refractivity contribution >= 4 is 11.7 Å². The summed E-state index contributed by atoms with van der Waals surface area (Å²) in [5.74, 6) is -0.621. The third kappa shape index (κ3) is 6.76. The average molecular weight is 442 g/mol. The maximum Gasteiger partial charge on any atom is 0.328 e. The van der Waals surface area contributed by atoms with Gasteiger partial charge in [-0.3, -0.25) is 4.98 Å². The molecule has 0 unspecified atom stereocenters. The Morgan fingerprint density at radius 3 is 2.81 bits per heavy atom. The van der Waals surface area contributed by atoms with Crippen molar-refractivity contribution in [3.8, 4) is 0 Å². The number of nitrogens with one attached hydrogen (secondary N) is 1. The van der Waals surface area contributed by atoms with Crippen molar-refractivity contribution in [2.75, 3.05) is 32.6 Å². The molecule has 0 spiro atoms. The van der Waals surface area contributed by atoms with Crippen LogP contribution in [-0.2, 0) is 28.8 Å². The minimum atomic E-state index is -0.511. The van der Waals surface area contributed by atoms with E-state index in [9.17, 15) is 9.18 Å². The molecule has 32 heavy (non-hydrogen) atoms. The third-order valence-corrected chi connectivity index (χ3v) is 6.34. The van der Waals surface area contributed by atoms with Gasteiger partial charge in [0.05, 0.1) is 7.11 Å². The van der Waals surface area contributed by atoms with Gasteiger partial charge in [-0.15, -0.1) is 0 Å². The molecule has 1 N–H and O–H groups in total. The van der Waals surface area contributed by atoms with Crippen LogP contribution in [0.5, 0.6) is 0 Å². The molecular formula is C26H36FN3O2. The molecule has 1 aliphatic carbocycles. The van der Waals surface area contributed by atoms with Crippen molar-refractivity contribution in [1.29, 1.82) is 0 Å². The maximum absolute atomic E-state index is 13.8. The van der Waals surface area contributed by atoms with Crippen LogP contribution < -0.4 is 5.32 Å². The quantitative estimate of drug-likeness (QED) is 0.404. The molecule has 0 bridgehead atoms. The van der Waals surface area contributed by atoms with Crippen molar-refractivity contribution in [2.45, 2.75) is 64.3 Å². The first-order chi connectivity index (χ1) is 15.5. The van der Waals surface area contributed by atoms with Crippen LogP contribution in [0, 0.1) is 12.7 Å². The molecule has 174 valence electrons. The van der Waals surface area contributed by atoms with Crippen molar-refractivity contribution in [3.05, 3.63) is 58.7 Å². The molecule has 6 heteroatoms. The molecule has 0 amide bonds. The molecule has 5 nitrogen and oxygen atoms in total. The fraction of sp³-hybridized carbons (Fsp3) is 0.538. The molecule has 1 aromatic heterocycles. The van der Waals surface area contributed by atoms with Gasteiger partial charge in [-0.05, 0) is 95.6 Å². The largest absolute Gasteiger partial charge is 0.467 e. The zero-order chi connectivity index (χ0) is 22.9. The number of ether oxygens (including phenoxy) is 1. The Morgan fingerprint density at radius 1 is 1.19 bits per heavy atom. The Bertz CT molecular complexity index is 903. The van der Waals surface area contributed by atoms with E-state index in [-0.39, 0.29) is 11.8 Å². The second-order valence-electron chi connectivity index (χ2n) is 8.80. The molecular weight excluding hydrogens is 405 g/mol. The van der Waals surface area contributed by atoms with Crippen LogP contribution in [0.15, 0.2) is 30.3 Å². The van der Waals surface area contributed by atoms with Gasteiger partial charge >= 0.3 is 5.97 Å². The number of unbranched alkanes of at least 4 members (excludes halogenated alkanes) is 1. The summed E-state index contributed by atoms with van der Waals surface area (Å²) in [5, 5.41) is 3.16. The second kappa shape index (κ2) is 12.0. The number of aromatic nitrogens is 1. The van der Waals surface area contributed by atoms with Gasteiger partial charge in [0.15, 0.2) is 0 Å². The SMILES string of the molecule is COC(=O)[C@H](CCN(C)CCCCc1ccc2c(n1)CCCC2)Nc1cccc(F)c1C. The number of nitrogens with zero attached hydrogens (tertiary/aromatic N) is 2. The molecule has 0 saturated heterocycles. The van der Waals surface area contributed by atoms with Crippen LogP contribution in [0.25, 0.3) is 0 Å². The number of hydrogen-bond donors (Lipinski definition) is 1. The van der Waals surface area contributed by atoms with Crippen molar-refractivity contribution < 1.29 is 13.9 Å². The van der Waals surface area contributed by atoms with Gasteiger partial charge in [0.1, 0.15) is 11.9 Å². The molecule has 1 heterocycles. The van der Waals surface area contributed by atoms with Crippen molar-refractivity contribution in [3.63, 3.8) is 0 Å². The monoisotopic (exact) mass is 441 g/mol. The zero-order valence-corrected chi connectivity index (χ0v) is 19.6. The van der Waals surface area contributed by atoms with E-state index in [2.05, 4.69) is 29.4 Å². The Hall–Kier alpha value is -2.47. The number of fused-ring (bicyclic) bond motifs is 1. The van der Waals surface area contributed by atoms with Gasteiger partial charge in [0, 0.05) is 29.2 Å². The van der Waals surface area contributed by atoms with Crippen molar-refractivity contribution in [2.24, 2.45) is 0 Å². The Balaban J connectivity index is 1.42. The standard InChI is InChI=1S/C26H36FN3O2/c1-19-22(27)11-8-13-23(19)29-25(26(31)32-3)16-18-30(2)17-7-6-10-21-15-14-20-9-4-5-12-24(20)28-21/h8,11,13-15,25,29H,4-7,9-10,12,16-18H2,1-3H3/t25-/m0/s1. The lowest BCUT2D eigenvalue weighted by atomic mass is 9.95. The summed E-state index contributed by atoms with van der Waals surface area (Å²) >= 11 is 0. The highest BCUT2D eigenvalue weighted by molar-refractivity contribution is 5.79. The van der Waals surface area contributed by atoms with E-state index in [4.69, 9.17) is 9.72 Å². The zero-order valence-electron chi connectivity index (χ0n) is 19.6. The molecule has 1 aromatic carbocycles. The highest BCUT2D eigenvalue weighted by Crippen LogP contribution is 2.21. The Kier molecular flexibility index (Phi) is 9.03. The number of rotatable bonds is 11. The van der Waals surface area contributed by atoms with Crippen LogP contribution in [-0.4, -0.2) is 49.1 Å². The third-order valence-electron chi connectivity index (χ3n) is 6.34. The van der Waals surface area contributed by atoms with Gasteiger partial charge in [0.25, 0.3) is 0 Å². The van der Waals surface area contributed by atoms with E-state index < -0.39 is 6.04 Å². The number of hydrogen-bond acceptors (Lipinski definition) is 5. The number of esters is 1. The van der Waals surface area contributed by atoms with E-state index in [1.54, 1.807) is 19.1 Å². The van der Waals surface area contributed by atoms with Crippen LogP contribution in [0.2, 0.25) is 0 Å². The topological polar surface area (TPSA) is 54.5 Å². The van der Waals surface area contributed by atoms with Crippen molar-refractivity contribution in [1.82, 2.24) is 9.88 Å². The van der Waals surface area contributed by atoms with Gasteiger partial charge in [-0.2, -0.15) is 0 Å². The van der Waals surface area contributed by atoms with Crippen LogP contribution in [0.4, 0.5) is 10.1 Å². The molecule has 1 aliphatic rings. The number of methoxy groups -OCH3 is 1. The minimum absolute atomic E-state index is 0.288. The van der Waals surface area contributed by atoms with Gasteiger partial charge in [-0.1, -0.05) is 12.1 Å². The second-order valence-corrected chi connectivity index (χ2v) is 8.80. The van der Waals surface area contributed by atoms with E-state index in [0.29, 0.717) is 17.7 Å². The summed E-state index contributed by atoms with van der Waals surface area (Å²) in [4.78, 5) is 19.3. The highest BCUT2D eigenvalue weighted by Gasteiger charge is 2.20. The highest BCUT2D eigenvalue weighted by atomic mass is 19.1. The maximum atomic E-state index is 13.8. The number of pyridine rings is 1. The first kappa shape index (κ1) is 24.2. The van der Waals surface area contributed by atoms with Crippen LogP contribution in [0.1, 0.15) is 54.6 Å². The van der Waals surface area contributed by atoms with Gasteiger partial charge in [-0.25, -0.2) is 9.18 Å². The van der Waals surface area contributed by atoms with E-state index >= 15 is 0 Å². The molecule has 0 aliphatic heterocycles. The summed E-state index contributed by atoms with van der Waals surface area (Å²) in [7, 11) is 3.45. The summed E-state index contributed by atoms with van der Waals surface area (Å²) in [5.41, 5.74) is 5.07. The first-order valence-corrected chi connectivity index (χ1v) is 11.7. The molecule has 0 fully saturated rings. The van der Waals surface area contributed by atoms with E-state index in [1.165, 1.54) is 49.4 Å². The predicted molar refractivity (Wildman–Crippen MR) is 126 cm³/mol. The number of carbonyl (C=O) groups excluding carboxylic acids is 1. The molecule has 0 radical (unpaired) electrons. The molecule has 3 rings (SSSR count). The number of aryl methyl sites for hydroxylation is 3. The number of halogens is 1. The predicted octanol–water partition coefficient (Wildman–Crippen LogP) is 4.71. The molecule has 2 aromatic rings. The number of benzene rings is 1. The number of anilines is 1. The average Bonchev–Trinajstić information content (AvgIpc) is 2.81. The number of carbonyl (C=O) groups is 1. The fourth-order valence-corrected chi connectivity index (χ4v) is 4.26. The van der Waals surface area contributed by atoms with E-state index in [0.717, 1.165) is 38.8 Å². The van der Waals surface area contributed by atoms with Gasteiger partial charge in [0.2, 0.25) is 0 Å². The lowest BCUT2D eigenvalue weighted by molar-refractivity contribution is -0.141. The smallest absolute Gasteiger partial charge is 0.328 e. The van der Waals surface area contributed by atoms with Gasteiger partial charge < -0.3 is 15.0 Å². The lowest BCUT2D eigenvalue weighted by Gasteiger charge is -2.22. The molecule has 0 saturated carbocycles. The summed E-state index contributed by atoms with van der Waals surface area (Å²) in [6.45, 7) is 3.41. The van der Waals surface area contributed by atoms with Crippen LogP contribution >= 0.6 is 0 Å². The Morgan fingerprint density at radius 2 is 2.00 bits per heavy atom. The lowest BCUT2D eigenvalue weighted by Crippen LogP contribution is -2.35. The van der Waals surface area contributed by atoms with E-state index in [1.807, 2.05) is 0 Å². The first-order valence-electron chi connectivity index (χ1n) is 11.7. The minimum Gasteiger partial charge on any atom is -0.467 e. The normalized spacial score (nSPS) is 14.2. The van der Waals surface area contributed by atoms with Crippen LogP contribution in [0.3, 0.4) is 0 Å². The fourth-order valence-electron chi connectivity index (χ4n) is 4.26. The summed E-state index contributed by atoms with van der Waals surface area (Å²) in [6, 6.07) is 8.79. The molecule has 1 atom stereocenters. The Labute approximate surface area is 191 Å².